The summed E-state index contributed by atoms with van der Waals surface area (Å²) in [6.45, 7) is 8.59. The molecule has 0 spiro atoms. The van der Waals surface area contributed by atoms with E-state index < -0.39 is 11.7 Å². The van der Waals surface area contributed by atoms with Gasteiger partial charge in [0, 0.05) is 25.2 Å². The maximum absolute atomic E-state index is 12.7. The molecule has 2 heterocycles. The van der Waals surface area contributed by atoms with Crippen molar-refractivity contribution in [3.63, 3.8) is 0 Å². The van der Waals surface area contributed by atoms with Gasteiger partial charge in [0.15, 0.2) is 0 Å². The Morgan fingerprint density at radius 1 is 1.36 bits per heavy atom. The van der Waals surface area contributed by atoms with E-state index in [9.17, 15) is 18.0 Å². The van der Waals surface area contributed by atoms with E-state index in [4.69, 9.17) is 0 Å². The summed E-state index contributed by atoms with van der Waals surface area (Å²) in [4.78, 5) is 16.1. The van der Waals surface area contributed by atoms with Crippen LogP contribution in [-0.2, 0) is 17.5 Å². The van der Waals surface area contributed by atoms with Gasteiger partial charge >= 0.3 is 6.18 Å². The van der Waals surface area contributed by atoms with Crippen LogP contribution < -0.4 is 0 Å². The number of alkyl halides is 3. The number of carbonyl (C=O) groups is 1. The van der Waals surface area contributed by atoms with Crippen LogP contribution in [0, 0.1) is 5.92 Å². The van der Waals surface area contributed by atoms with Gasteiger partial charge < -0.3 is 4.90 Å². The molecular weight excluding hydrogens is 329 g/mol. The van der Waals surface area contributed by atoms with Gasteiger partial charge in [-0.1, -0.05) is 18.7 Å². The van der Waals surface area contributed by atoms with Gasteiger partial charge in [-0.3, -0.25) is 9.69 Å². The molecule has 0 unspecified atom stereocenters. The Labute approximate surface area is 146 Å². The lowest BCUT2D eigenvalue weighted by Crippen LogP contribution is -2.55. The molecule has 0 saturated carbocycles. The molecule has 0 aromatic heterocycles. The molecule has 1 aromatic rings. The van der Waals surface area contributed by atoms with E-state index in [-0.39, 0.29) is 11.4 Å². The summed E-state index contributed by atoms with van der Waals surface area (Å²) in [5.74, 6) is 0.338. The number of hydrogen-bond acceptors (Lipinski definition) is 2. The molecule has 3 nitrogen and oxygen atoms in total. The third-order valence-corrected chi connectivity index (χ3v) is 5.68. The molecule has 2 aliphatic heterocycles. The average molecular weight is 352 g/mol. The lowest BCUT2D eigenvalue weighted by molar-refractivity contribution is -0.137. The zero-order chi connectivity index (χ0) is 18.2. The van der Waals surface area contributed by atoms with Gasteiger partial charge in [0.1, 0.15) is 0 Å². The highest BCUT2D eigenvalue weighted by molar-refractivity contribution is 5.87. The molecule has 0 N–H and O–H groups in total. The summed E-state index contributed by atoms with van der Waals surface area (Å²) < 4.78 is 38.1. The lowest BCUT2D eigenvalue weighted by Gasteiger charge is -2.46. The van der Waals surface area contributed by atoms with Crippen molar-refractivity contribution in [3.05, 3.63) is 48.0 Å². The molecule has 0 aliphatic carbocycles. The van der Waals surface area contributed by atoms with E-state index in [1.165, 1.54) is 6.08 Å². The number of halogens is 3. The molecule has 136 valence electrons. The van der Waals surface area contributed by atoms with Gasteiger partial charge in [0.05, 0.1) is 5.56 Å². The van der Waals surface area contributed by atoms with Crippen molar-refractivity contribution >= 4 is 5.91 Å². The summed E-state index contributed by atoms with van der Waals surface area (Å²) in [5, 5.41) is 0. The Balaban J connectivity index is 1.76. The standard InChI is InChI=1S/C19H23F3N2O/c1-3-17(25)23-12-16-5-4-10-24(18(16,2)13-23)11-14-6-8-15(9-7-14)19(20,21)22/h3,6-9,16H,1,4-5,10-13H2,2H3/t16-,18+/m0/s1. The van der Waals surface area contributed by atoms with Crippen LogP contribution in [0.15, 0.2) is 36.9 Å². The highest BCUT2D eigenvalue weighted by Crippen LogP contribution is 2.40. The molecule has 2 fully saturated rings. The molecule has 0 radical (unpaired) electrons. The fourth-order valence-corrected chi connectivity index (χ4v) is 4.16. The molecule has 2 atom stereocenters. The smallest absolute Gasteiger partial charge is 0.337 e. The predicted molar refractivity (Wildman–Crippen MR) is 89.8 cm³/mol. The number of carbonyl (C=O) groups excluding carboxylic acids is 1. The van der Waals surface area contributed by atoms with Crippen LogP contribution in [0.2, 0.25) is 0 Å². The summed E-state index contributed by atoms with van der Waals surface area (Å²) in [7, 11) is 0. The number of piperidine rings is 1. The summed E-state index contributed by atoms with van der Waals surface area (Å²) in [5.41, 5.74) is 0.102. The fourth-order valence-electron chi connectivity index (χ4n) is 4.16. The molecule has 2 aliphatic rings. The third-order valence-electron chi connectivity index (χ3n) is 5.68. The molecule has 25 heavy (non-hydrogen) atoms. The van der Waals surface area contributed by atoms with Crippen LogP contribution in [0.3, 0.4) is 0 Å². The first kappa shape index (κ1) is 18.0. The second-order valence-electron chi connectivity index (χ2n) is 7.24. The van der Waals surface area contributed by atoms with Crippen molar-refractivity contribution in [2.45, 2.75) is 38.0 Å². The van der Waals surface area contributed by atoms with Gasteiger partial charge in [0.2, 0.25) is 5.91 Å². The SMILES string of the molecule is C=CC(=O)N1C[C@@H]2CCCN(Cc3ccc(C(F)(F)F)cc3)[C@]2(C)C1. The Morgan fingerprint density at radius 2 is 2.04 bits per heavy atom. The van der Waals surface area contributed by atoms with Crippen LogP contribution >= 0.6 is 0 Å². The van der Waals surface area contributed by atoms with Crippen LogP contribution in [0.5, 0.6) is 0 Å². The number of rotatable bonds is 3. The van der Waals surface area contributed by atoms with E-state index in [0.29, 0.717) is 19.0 Å². The van der Waals surface area contributed by atoms with Crippen molar-refractivity contribution in [2.75, 3.05) is 19.6 Å². The first-order chi connectivity index (χ1) is 11.7. The highest BCUT2D eigenvalue weighted by atomic mass is 19.4. The highest BCUT2D eigenvalue weighted by Gasteiger charge is 2.49. The molecule has 2 saturated heterocycles. The van der Waals surface area contributed by atoms with E-state index in [0.717, 1.165) is 43.6 Å². The minimum Gasteiger partial charge on any atom is -0.337 e. The van der Waals surface area contributed by atoms with E-state index in [2.05, 4.69) is 18.4 Å². The van der Waals surface area contributed by atoms with Crippen LogP contribution in [0.25, 0.3) is 0 Å². The second-order valence-corrected chi connectivity index (χ2v) is 7.24. The molecule has 0 bridgehead atoms. The van der Waals surface area contributed by atoms with Gasteiger partial charge in [-0.05, 0) is 56.0 Å². The lowest BCUT2D eigenvalue weighted by atomic mass is 9.80. The molecule has 6 heteroatoms. The Kier molecular flexibility index (Phi) is 4.66. The summed E-state index contributed by atoms with van der Waals surface area (Å²) in [6.07, 6.45) is -0.851. The van der Waals surface area contributed by atoms with E-state index >= 15 is 0 Å². The van der Waals surface area contributed by atoms with Gasteiger partial charge in [-0.15, -0.1) is 0 Å². The van der Waals surface area contributed by atoms with Crippen LogP contribution in [0.4, 0.5) is 13.2 Å². The topological polar surface area (TPSA) is 23.6 Å². The zero-order valence-corrected chi connectivity index (χ0v) is 14.4. The minimum absolute atomic E-state index is 0.0508. The zero-order valence-electron chi connectivity index (χ0n) is 14.4. The maximum Gasteiger partial charge on any atom is 0.416 e. The summed E-state index contributed by atoms with van der Waals surface area (Å²) in [6, 6.07) is 5.39. The van der Waals surface area contributed by atoms with Crippen LogP contribution in [0.1, 0.15) is 30.9 Å². The largest absolute Gasteiger partial charge is 0.416 e. The monoisotopic (exact) mass is 352 g/mol. The van der Waals surface area contributed by atoms with Crippen LogP contribution in [-0.4, -0.2) is 40.9 Å². The molecule has 1 amide bonds. The van der Waals surface area contributed by atoms with Crippen molar-refractivity contribution in [1.82, 2.24) is 9.80 Å². The first-order valence-corrected chi connectivity index (χ1v) is 8.56. The van der Waals surface area contributed by atoms with E-state index in [1.807, 2.05) is 4.90 Å². The third kappa shape index (κ3) is 3.45. The Bertz CT molecular complexity index is 656. The molecular formula is C19H23F3N2O. The van der Waals surface area contributed by atoms with E-state index in [1.54, 1.807) is 12.1 Å². The van der Waals surface area contributed by atoms with Crippen molar-refractivity contribution in [2.24, 2.45) is 5.92 Å². The number of amides is 1. The normalized spacial score (nSPS) is 27.2. The Hall–Kier alpha value is -1.82. The minimum atomic E-state index is -4.31. The number of fused-ring (bicyclic) bond motifs is 1. The number of benzene rings is 1. The fraction of sp³-hybridized carbons (Fsp3) is 0.526. The molecule has 3 rings (SSSR count). The van der Waals surface area contributed by atoms with Gasteiger partial charge in [-0.25, -0.2) is 0 Å². The quantitative estimate of drug-likeness (QED) is 0.775. The van der Waals surface area contributed by atoms with Crippen molar-refractivity contribution < 1.29 is 18.0 Å². The van der Waals surface area contributed by atoms with Gasteiger partial charge in [-0.2, -0.15) is 13.2 Å². The Morgan fingerprint density at radius 3 is 2.64 bits per heavy atom. The van der Waals surface area contributed by atoms with Crippen molar-refractivity contribution in [3.8, 4) is 0 Å². The maximum atomic E-state index is 12.7. The number of hydrogen-bond donors (Lipinski definition) is 0. The predicted octanol–water partition coefficient (Wildman–Crippen LogP) is 3.70. The summed E-state index contributed by atoms with van der Waals surface area (Å²) >= 11 is 0. The number of nitrogens with zero attached hydrogens (tertiary/aromatic N) is 2. The second kappa shape index (κ2) is 6.48. The van der Waals surface area contributed by atoms with Gasteiger partial charge in [0.25, 0.3) is 0 Å². The number of likely N-dealkylation sites (tertiary alicyclic amines) is 2. The average Bonchev–Trinajstić information content (AvgIpc) is 2.92. The van der Waals surface area contributed by atoms with Crippen molar-refractivity contribution in [1.29, 1.82) is 0 Å². The molecule has 1 aromatic carbocycles. The first-order valence-electron chi connectivity index (χ1n) is 8.56.